The van der Waals surface area contributed by atoms with Crippen molar-refractivity contribution in [2.75, 3.05) is 5.32 Å². The Hall–Kier alpha value is -3.46. The molecule has 0 aliphatic heterocycles. The Morgan fingerprint density at radius 2 is 2.22 bits per heavy atom. The number of pyridine rings is 1. The van der Waals surface area contributed by atoms with Gasteiger partial charge in [0.05, 0.1) is 28.3 Å². The molecule has 0 spiro atoms. The van der Waals surface area contributed by atoms with Crippen LogP contribution in [-0.2, 0) is 9.59 Å². The highest BCUT2D eigenvalue weighted by Crippen LogP contribution is 2.41. The van der Waals surface area contributed by atoms with Crippen LogP contribution in [-0.4, -0.2) is 32.1 Å². The molecular weight excluding hydrogens is 435 g/mol. The molecule has 32 heavy (non-hydrogen) atoms. The predicted octanol–water partition coefficient (Wildman–Crippen LogP) is 4.22. The van der Waals surface area contributed by atoms with Crippen molar-refractivity contribution >= 4 is 46.2 Å². The maximum atomic E-state index is 15.6. The van der Waals surface area contributed by atoms with Gasteiger partial charge in [0.15, 0.2) is 5.82 Å². The van der Waals surface area contributed by atoms with Gasteiger partial charge in [0.1, 0.15) is 5.82 Å². The number of nitrogens with one attached hydrogen (secondary N) is 3. The molecule has 1 aromatic carbocycles. The number of anilines is 1. The highest BCUT2D eigenvalue weighted by atomic mass is 35.5. The summed E-state index contributed by atoms with van der Waals surface area (Å²) < 4.78 is 17.2. The van der Waals surface area contributed by atoms with Gasteiger partial charge in [0.25, 0.3) is 0 Å². The van der Waals surface area contributed by atoms with Gasteiger partial charge in [-0.2, -0.15) is 10.2 Å². The van der Waals surface area contributed by atoms with Crippen LogP contribution in [0.15, 0.2) is 30.6 Å². The lowest BCUT2D eigenvalue weighted by Gasteiger charge is -2.27. The monoisotopic (exact) mass is 454 g/mol. The van der Waals surface area contributed by atoms with E-state index in [-0.39, 0.29) is 22.4 Å². The number of hydrogen-bond donors (Lipinski definition) is 3. The van der Waals surface area contributed by atoms with Gasteiger partial charge in [-0.1, -0.05) is 18.0 Å². The Morgan fingerprint density at radius 3 is 2.94 bits per heavy atom. The summed E-state index contributed by atoms with van der Waals surface area (Å²) in [5, 5.41) is 17.2. The lowest BCUT2D eigenvalue weighted by molar-refractivity contribution is -0.128. The summed E-state index contributed by atoms with van der Waals surface area (Å²) in [4.78, 5) is 23.1. The minimum Gasteiger partial charge on any atom is -0.349 e. The van der Waals surface area contributed by atoms with Gasteiger partial charge in [-0.05, 0) is 37.5 Å². The van der Waals surface area contributed by atoms with Gasteiger partial charge < -0.3 is 10.6 Å². The minimum absolute atomic E-state index is 0.00603. The second-order valence-corrected chi connectivity index (χ2v) is 8.39. The number of benzene rings is 1. The Bertz CT molecular complexity index is 1360. The summed E-state index contributed by atoms with van der Waals surface area (Å²) in [6, 6.07) is 4.68. The molecule has 0 bridgehead atoms. The first-order chi connectivity index (χ1) is 15.5. The van der Waals surface area contributed by atoms with E-state index in [9.17, 15) is 9.59 Å². The lowest BCUT2D eigenvalue weighted by atomic mass is 9.84. The van der Waals surface area contributed by atoms with Crippen molar-refractivity contribution in [2.45, 2.75) is 32.2 Å². The SMILES string of the molecule is CC(NC(=O)C1CCC1)c1c(F)c(Cl)c(-c2ccn3nc(NC=O)cc3c2)c2cn[nH]c12. The molecule has 0 radical (unpaired) electrons. The van der Waals surface area contributed by atoms with Crippen LogP contribution in [0.5, 0.6) is 0 Å². The number of hydrogen-bond acceptors (Lipinski definition) is 4. The molecule has 8 nitrogen and oxygen atoms in total. The molecule has 3 heterocycles. The Morgan fingerprint density at radius 1 is 1.41 bits per heavy atom. The fourth-order valence-corrected chi connectivity index (χ4v) is 4.49. The first-order valence-corrected chi connectivity index (χ1v) is 10.7. The maximum absolute atomic E-state index is 15.6. The summed E-state index contributed by atoms with van der Waals surface area (Å²) in [5.41, 5.74) is 2.62. The molecule has 164 valence electrons. The first-order valence-electron chi connectivity index (χ1n) is 10.3. The third-order valence-corrected chi connectivity index (χ3v) is 6.41. The normalized spacial score (nSPS) is 15.0. The molecule has 1 saturated carbocycles. The van der Waals surface area contributed by atoms with E-state index < -0.39 is 11.9 Å². The van der Waals surface area contributed by atoms with Crippen molar-refractivity contribution in [3.63, 3.8) is 0 Å². The number of carbonyl (C=O) groups excluding carboxylic acids is 2. The largest absolute Gasteiger partial charge is 0.349 e. The average Bonchev–Trinajstić information content (AvgIpc) is 3.33. The van der Waals surface area contributed by atoms with Gasteiger partial charge in [-0.15, -0.1) is 0 Å². The van der Waals surface area contributed by atoms with Crippen LogP contribution in [0.1, 0.15) is 37.8 Å². The van der Waals surface area contributed by atoms with Crippen LogP contribution in [0.4, 0.5) is 10.2 Å². The lowest BCUT2D eigenvalue weighted by Crippen LogP contribution is -2.36. The molecule has 3 aromatic heterocycles. The average molecular weight is 455 g/mol. The topological polar surface area (TPSA) is 104 Å². The molecule has 5 rings (SSSR count). The van der Waals surface area contributed by atoms with Crippen LogP contribution in [0.3, 0.4) is 0 Å². The predicted molar refractivity (Wildman–Crippen MR) is 119 cm³/mol. The van der Waals surface area contributed by atoms with E-state index in [1.807, 2.05) is 0 Å². The quantitative estimate of drug-likeness (QED) is 0.379. The van der Waals surface area contributed by atoms with Crippen molar-refractivity contribution in [2.24, 2.45) is 5.92 Å². The molecule has 1 fully saturated rings. The van der Waals surface area contributed by atoms with E-state index in [0.717, 1.165) is 19.3 Å². The highest BCUT2D eigenvalue weighted by molar-refractivity contribution is 6.35. The summed E-state index contributed by atoms with van der Waals surface area (Å²) in [6.07, 6.45) is 6.62. The van der Waals surface area contributed by atoms with E-state index in [1.165, 1.54) is 0 Å². The number of fused-ring (bicyclic) bond motifs is 2. The Kier molecular flexibility index (Phi) is 5.05. The number of halogens is 2. The third-order valence-electron chi connectivity index (χ3n) is 6.05. The van der Waals surface area contributed by atoms with E-state index >= 15 is 4.39 Å². The van der Waals surface area contributed by atoms with Crippen molar-refractivity contribution in [3.8, 4) is 11.1 Å². The maximum Gasteiger partial charge on any atom is 0.223 e. The summed E-state index contributed by atoms with van der Waals surface area (Å²) in [6.45, 7) is 1.74. The van der Waals surface area contributed by atoms with Crippen molar-refractivity contribution in [1.29, 1.82) is 0 Å². The first kappa shape index (κ1) is 20.4. The second-order valence-electron chi connectivity index (χ2n) is 8.01. The third kappa shape index (κ3) is 3.29. The molecule has 2 amide bonds. The van der Waals surface area contributed by atoms with Crippen molar-refractivity contribution in [3.05, 3.63) is 47.0 Å². The summed E-state index contributed by atoms with van der Waals surface area (Å²) in [7, 11) is 0. The Balaban J connectivity index is 1.59. The zero-order chi connectivity index (χ0) is 22.4. The van der Waals surface area contributed by atoms with Gasteiger partial charge in [0, 0.05) is 34.7 Å². The molecule has 1 unspecified atom stereocenters. The number of aromatic nitrogens is 4. The zero-order valence-electron chi connectivity index (χ0n) is 17.2. The smallest absolute Gasteiger partial charge is 0.223 e. The molecule has 1 aliphatic carbocycles. The highest BCUT2D eigenvalue weighted by Gasteiger charge is 2.29. The van der Waals surface area contributed by atoms with E-state index in [2.05, 4.69) is 25.9 Å². The number of nitrogens with zero attached hydrogens (tertiary/aromatic N) is 3. The molecule has 0 saturated heterocycles. The Labute approximate surface area is 187 Å². The van der Waals surface area contributed by atoms with Crippen molar-refractivity contribution in [1.82, 2.24) is 25.1 Å². The number of rotatable bonds is 6. The van der Waals surface area contributed by atoms with E-state index in [4.69, 9.17) is 11.6 Å². The number of amides is 2. The molecule has 4 aromatic rings. The van der Waals surface area contributed by atoms with Crippen molar-refractivity contribution < 1.29 is 14.0 Å². The van der Waals surface area contributed by atoms with Crippen LogP contribution in [0, 0.1) is 11.7 Å². The molecule has 10 heteroatoms. The summed E-state index contributed by atoms with van der Waals surface area (Å²) in [5.74, 6) is -0.277. The van der Waals surface area contributed by atoms with E-state index in [1.54, 1.807) is 42.0 Å². The number of aromatic amines is 1. The van der Waals surface area contributed by atoms with Crippen LogP contribution in [0.2, 0.25) is 5.02 Å². The molecular formula is C22H20ClFN6O2. The molecule has 3 N–H and O–H groups in total. The minimum atomic E-state index is -0.600. The molecule has 1 aliphatic rings. The van der Waals surface area contributed by atoms with Crippen LogP contribution >= 0.6 is 11.6 Å². The van der Waals surface area contributed by atoms with Crippen LogP contribution < -0.4 is 10.6 Å². The second kappa shape index (κ2) is 7.90. The van der Waals surface area contributed by atoms with Gasteiger partial charge in [-0.25, -0.2) is 8.91 Å². The fraction of sp³-hybridized carbons (Fsp3) is 0.273. The number of H-pyrrole nitrogens is 1. The standard InChI is InChI=1S/C22H20ClFN6O2/c1-11(27-22(32)12-3-2-4-12)17-20(24)19(23)18(15-9-26-28-21(15)17)13-5-6-30-14(7-13)8-16(29-30)25-10-31/h5-12H,2-4H2,1H3,(H,26,28)(H,27,32)(H,25,29,31). The van der Waals surface area contributed by atoms with Gasteiger partial charge in [0.2, 0.25) is 12.3 Å². The van der Waals surface area contributed by atoms with Crippen LogP contribution in [0.25, 0.3) is 27.5 Å². The van der Waals surface area contributed by atoms with Gasteiger partial charge in [-0.3, -0.25) is 14.7 Å². The molecule has 1 atom stereocenters. The number of carbonyl (C=O) groups is 2. The fourth-order valence-electron chi connectivity index (χ4n) is 4.18. The zero-order valence-corrected chi connectivity index (χ0v) is 17.9. The van der Waals surface area contributed by atoms with E-state index in [0.29, 0.717) is 39.8 Å². The van der Waals surface area contributed by atoms with Gasteiger partial charge >= 0.3 is 0 Å². The summed E-state index contributed by atoms with van der Waals surface area (Å²) >= 11 is 6.55.